The van der Waals surface area contributed by atoms with Crippen molar-refractivity contribution in [2.24, 2.45) is 5.92 Å². The fourth-order valence-electron chi connectivity index (χ4n) is 5.50. The SMILES string of the molecule is CCNC(=O)NCc1ccccc1-c1ccc([C@H]2O[C@@H](CSc3ccc(NC(C)=O)cc3)[C@@H](C)[C@@H](c3ccc(CO)cc3)O2)cc1. The summed E-state index contributed by atoms with van der Waals surface area (Å²) in [7, 11) is 0. The number of hydrogen-bond acceptors (Lipinski definition) is 6. The van der Waals surface area contributed by atoms with Crippen LogP contribution in [0.1, 0.15) is 55.4 Å². The molecular weight excluding hydrogens is 598 g/mol. The Hall–Kier alpha value is -4.15. The number of benzene rings is 4. The first-order valence-corrected chi connectivity index (χ1v) is 16.5. The molecule has 1 aliphatic rings. The molecule has 4 aromatic rings. The molecule has 3 amide bonds. The van der Waals surface area contributed by atoms with Crippen molar-refractivity contribution in [3.63, 3.8) is 0 Å². The zero-order valence-electron chi connectivity index (χ0n) is 26.4. The lowest BCUT2D eigenvalue weighted by Gasteiger charge is -2.41. The number of aliphatic hydroxyl groups excluding tert-OH is 1. The minimum Gasteiger partial charge on any atom is -0.392 e. The second-order valence-electron chi connectivity index (χ2n) is 11.3. The molecule has 0 unspecified atom stereocenters. The predicted molar refractivity (Wildman–Crippen MR) is 182 cm³/mol. The van der Waals surface area contributed by atoms with Crippen molar-refractivity contribution >= 4 is 29.4 Å². The predicted octanol–water partition coefficient (Wildman–Crippen LogP) is 7.21. The van der Waals surface area contributed by atoms with Gasteiger partial charge in [-0.05, 0) is 59.0 Å². The minimum absolute atomic E-state index is 0.00936. The smallest absolute Gasteiger partial charge is 0.315 e. The number of hydrogen-bond donors (Lipinski definition) is 4. The van der Waals surface area contributed by atoms with Crippen LogP contribution >= 0.6 is 11.8 Å². The molecule has 240 valence electrons. The maximum atomic E-state index is 12.0. The van der Waals surface area contributed by atoms with E-state index in [4.69, 9.17) is 9.47 Å². The topological polar surface area (TPSA) is 109 Å². The normalized spacial score (nSPS) is 19.3. The van der Waals surface area contributed by atoms with Crippen LogP contribution < -0.4 is 16.0 Å². The number of amides is 3. The first-order valence-electron chi connectivity index (χ1n) is 15.6. The molecule has 0 spiro atoms. The standard InChI is InChI=1S/C37H41N3O5S/c1-4-38-37(43)39-21-30-7-5-6-8-33(30)27-13-15-29(16-14-27)36-44-34(23-46-32-19-17-31(18-20-32)40-25(3)42)24(2)35(45-36)28-11-9-26(22-41)10-12-28/h5-20,24,34-36,41H,4,21-23H2,1-3H3,(H,40,42)(H2,38,39,43)/t24-,34+,35+,36+/m1/s1. The molecule has 5 rings (SSSR count). The van der Waals surface area contributed by atoms with Crippen LogP contribution in [0.3, 0.4) is 0 Å². The van der Waals surface area contributed by atoms with Crippen molar-refractivity contribution in [2.45, 2.75) is 57.3 Å². The third kappa shape index (κ3) is 8.55. The van der Waals surface area contributed by atoms with Crippen LogP contribution in [0.4, 0.5) is 10.5 Å². The fraction of sp³-hybridized carbons (Fsp3) is 0.297. The van der Waals surface area contributed by atoms with E-state index in [0.717, 1.165) is 49.7 Å². The Labute approximate surface area is 274 Å². The van der Waals surface area contributed by atoms with Crippen molar-refractivity contribution in [3.8, 4) is 11.1 Å². The van der Waals surface area contributed by atoms with Gasteiger partial charge in [-0.3, -0.25) is 4.79 Å². The molecule has 0 aliphatic carbocycles. The van der Waals surface area contributed by atoms with Crippen LogP contribution in [0.5, 0.6) is 0 Å². The molecule has 1 heterocycles. The molecule has 4 N–H and O–H groups in total. The second-order valence-corrected chi connectivity index (χ2v) is 12.4. The second kappa shape index (κ2) is 15.9. The van der Waals surface area contributed by atoms with Gasteiger partial charge in [0.2, 0.25) is 5.91 Å². The summed E-state index contributed by atoms with van der Waals surface area (Å²) in [6.07, 6.45) is -0.892. The van der Waals surface area contributed by atoms with Crippen LogP contribution in [0.25, 0.3) is 11.1 Å². The van der Waals surface area contributed by atoms with Crippen molar-refractivity contribution in [1.29, 1.82) is 0 Å². The molecule has 0 bridgehead atoms. The first kappa shape index (κ1) is 33.2. The van der Waals surface area contributed by atoms with E-state index in [2.05, 4.69) is 41.1 Å². The number of thioether (sulfide) groups is 1. The Morgan fingerprint density at radius 1 is 0.848 bits per heavy atom. The lowest BCUT2D eigenvalue weighted by Crippen LogP contribution is -2.38. The summed E-state index contributed by atoms with van der Waals surface area (Å²) in [5.41, 5.74) is 6.68. The van der Waals surface area contributed by atoms with E-state index in [0.29, 0.717) is 13.1 Å². The van der Waals surface area contributed by atoms with Gasteiger partial charge in [-0.1, -0.05) is 79.7 Å². The summed E-state index contributed by atoms with van der Waals surface area (Å²) in [5, 5.41) is 18.1. The number of rotatable bonds is 11. The van der Waals surface area contributed by atoms with Gasteiger partial charge in [0, 0.05) is 47.8 Å². The Kier molecular flexibility index (Phi) is 11.5. The first-order chi connectivity index (χ1) is 22.3. The van der Waals surface area contributed by atoms with Crippen LogP contribution in [0.2, 0.25) is 0 Å². The van der Waals surface area contributed by atoms with Gasteiger partial charge in [-0.2, -0.15) is 0 Å². The molecule has 4 aromatic carbocycles. The highest BCUT2D eigenvalue weighted by molar-refractivity contribution is 7.99. The molecular formula is C37H41N3O5S. The Morgan fingerprint density at radius 2 is 1.54 bits per heavy atom. The van der Waals surface area contributed by atoms with E-state index in [9.17, 15) is 14.7 Å². The number of carbonyl (C=O) groups excluding carboxylic acids is 2. The Balaban J connectivity index is 1.35. The minimum atomic E-state index is -0.574. The molecule has 8 nitrogen and oxygen atoms in total. The van der Waals surface area contributed by atoms with Crippen molar-refractivity contribution in [2.75, 3.05) is 17.6 Å². The quantitative estimate of drug-likeness (QED) is 0.129. The summed E-state index contributed by atoms with van der Waals surface area (Å²) in [6.45, 7) is 6.52. The molecule has 4 atom stereocenters. The van der Waals surface area contributed by atoms with Gasteiger partial charge in [-0.25, -0.2) is 4.79 Å². The van der Waals surface area contributed by atoms with Crippen LogP contribution in [0.15, 0.2) is 102 Å². The highest BCUT2D eigenvalue weighted by Crippen LogP contribution is 2.43. The lowest BCUT2D eigenvalue weighted by atomic mass is 9.91. The van der Waals surface area contributed by atoms with Crippen LogP contribution in [0, 0.1) is 5.92 Å². The van der Waals surface area contributed by atoms with E-state index in [1.54, 1.807) is 11.8 Å². The number of nitrogens with one attached hydrogen (secondary N) is 3. The zero-order valence-corrected chi connectivity index (χ0v) is 27.2. The highest BCUT2D eigenvalue weighted by atomic mass is 32.2. The Bertz CT molecular complexity index is 1600. The van der Waals surface area contributed by atoms with Gasteiger partial charge in [-0.15, -0.1) is 11.8 Å². The summed E-state index contributed by atoms with van der Waals surface area (Å²) < 4.78 is 13.3. The monoisotopic (exact) mass is 639 g/mol. The van der Waals surface area contributed by atoms with E-state index < -0.39 is 6.29 Å². The highest BCUT2D eigenvalue weighted by Gasteiger charge is 2.38. The van der Waals surface area contributed by atoms with Crippen molar-refractivity contribution in [1.82, 2.24) is 10.6 Å². The van der Waals surface area contributed by atoms with Crippen LogP contribution in [-0.2, 0) is 27.4 Å². The molecule has 1 aliphatic heterocycles. The summed E-state index contributed by atoms with van der Waals surface area (Å²) in [5.74, 6) is 0.682. The molecule has 1 fully saturated rings. The van der Waals surface area contributed by atoms with Gasteiger partial charge in [0.15, 0.2) is 6.29 Å². The number of carbonyl (C=O) groups is 2. The average Bonchev–Trinajstić information content (AvgIpc) is 3.08. The average molecular weight is 640 g/mol. The summed E-state index contributed by atoms with van der Waals surface area (Å²) in [6, 6.07) is 31.8. The van der Waals surface area contributed by atoms with Crippen LogP contribution in [-0.4, -0.2) is 35.4 Å². The number of urea groups is 1. The van der Waals surface area contributed by atoms with Gasteiger partial charge in [0.1, 0.15) is 0 Å². The summed E-state index contributed by atoms with van der Waals surface area (Å²) >= 11 is 1.71. The van der Waals surface area contributed by atoms with Crippen molar-refractivity contribution in [3.05, 3.63) is 119 Å². The third-order valence-corrected chi connectivity index (χ3v) is 9.10. The zero-order chi connectivity index (χ0) is 32.5. The van der Waals surface area contributed by atoms with Gasteiger partial charge >= 0.3 is 6.03 Å². The molecule has 0 radical (unpaired) electrons. The summed E-state index contributed by atoms with van der Waals surface area (Å²) in [4.78, 5) is 24.5. The number of anilines is 1. The molecule has 0 saturated carbocycles. The van der Waals surface area contributed by atoms with E-state index >= 15 is 0 Å². The van der Waals surface area contributed by atoms with E-state index in [-0.39, 0.29) is 36.7 Å². The fourth-order valence-corrected chi connectivity index (χ4v) is 6.57. The molecule has 9 heteroatoms. The van der Waals surface area contributed by atoms with Gasteiger partial charge in [0.05, 0.1) is 18.8 Å². The molecule has 46 heavy (non-hydrogen) atoms. The van der Waals surface area contributed by atoms with Crippen molar-refractivity contribution < 1.29 is 24.2 Å². The van der Waals surface area contributed by atoms with E-state index in [1.165, 1.54) is 6.92 Å². The maximum absolute atomic E-state index is 12.0. The number of ether oxygens (including phenoxy) is 2. The number of aliphatic hydroxyl groups is 1. The maximum Gasteiger partial charge on any atom is 0.315 e. The molecule has 0 aromatic heterocycles. The van der Waals surface area contributed by atoms with Gasteiger partial charge < -0.3 is 30.5 Å². The lowest BCUT2D eigenvalue weighted by molar-refractivity contribution is -0.268. The Morgan fingerprint density at radius 3 is 2.22 bits per heavy atom. The van der Waals surface area contributed by atoms with E-state index in [1.807, 2.05) is 85.8 Å². The van der Waals surface area contributed by atoms with Gasteiger partial charge in [0.25, 0.3) is 0 Å². The third-order valence-electron chi connectivity index (χ3n) is 8.00. The molecule has 1 saturated heterocycles. The largest absolute Gasteiger partial charge is 0.392 e.